The van der Waals surface area contributed by atoms with Gasteiger partial charge in [-0.05, 0) is 38.0 Å². The minimum Gasteiger partial charge on any atom is -0.469 e. The van der Waals surface area contributed by atoms with E-state index in [9.17, 15) is 14.4 Å². The smallest absolute Gasteiger partial charge is 0.307 e. The molecule has 2 rings (SSSR count). The molecule has 0 radical (unpaired) electrons. The van der Waals surface area contributed by atoms with Crippen molar-refractivity contribution in [1.29, 1.82) is 0 Å². The predicted molar refractivity (Wildman–Crippen MR) is 97.2 cm³/mol. The number of benzene rings is 1. The van der Waals surface area contributed by atoms with E-state index < -0.39 is 29.4 Å². The molecule has 0 bridgehead atoms. The number of esters is 1. The van der Waals surface area contributed by atoms with Gasteiger partial charge in [0.1, 0.15) is 0 Å². The van der Waals surface area contributed by atoms with Gasteiger partial charge in [0.05, 0.1) is 13.5 Å². The molecule has 0 aliphatic carbocycles. The molecule has 1 aromatic rings. The second-order valence-electron chi connectivity index (χ2n) is 6.05. The maximum atomic E-state index is 12.8. The molecule has 0 spiro atoms. The standard InChI is InChI=1S/C17H20Cl2N2O5/c1-10(6-14(22)25-2)20-15(23)17(4-3-5-26-17)16(24)21-13-8-11(18)7-12(19)9-13/h7-10H,3-6H2,1-2H3,(H,20,23)(H,21,24)/t10-,17?/m0/s1. The molecular weight excluding hydrogens is 383 g/mol. The van der Waals surface area contributed by atoms with Crippen molar-refractivity contribution in [2.75, 3.05) is 19.0 Å². The number of rotatable bonds is 6. The predicted octanol–water partition coefficient (Wildman–Crippen LogP) is 2.55. The zero-order chi connectivity index (χ0) is 19.3. The summed E-state index contributed by atoms with van der Waals surface area (Å²) >= 11 is 11.9. The lowest BCUT2D eigenvalue weighted by atomic mass is 9.97. The highest BCUT2D eigenvalue weighted by Gasteiger charge is 2.50. The average Bonchev–Trinajstić information content (AvgIpc) is 3.04. The van der Waals surface area contributed by atoms with Crippen LogP contribution in [0.25, 0.3) is 0 Å². The van der Waals surface area contributed by atoms with Crippen LogP contribution in [0.3, 0.4) is 0 Å². The Balaban J connectivity index is 2.13. The summed E-state index contributed by atoms with van der Waals surface area (Å²) in [6, 6.07) is 4.06. The van der Waals surface area contributed by atoms with E-state index in [2.05, 4.69) is 15.4 Å². The first-order chi connectivity index (χ1) is 12.3. The number of anilines is 1. The van der Waals surface area contributed by atoms with Crippen LogP contribution in [0.15, 0.2) is 18.2 Å². The van der Waals surface area contributed by atoms with Crippen LogP contribution in [0.5, 0.6) is 0 Å². The molecule has 1 aliphatic rings. The van der Waals surface area contributed by atoms with Crippen molar-refractivity contribution in [2.24, 2.45) is 0 Å². The van der Waals surface area contributed by atoms with Gasteiger partial charge in [-0.2, -0.15) is 0 Å². The second kappa shape index (κ2) is 8.70. The maximum absolute atomic E-state index is 12.8. The van der Waals surface area contributed by atoms with Crippen molar-refractivity contribution in [3.05, 3.63) is 28.2 Å². The summed E-state index contributed by atoms with van der Waals surface area (Å²) in [7, 11) is 1.27. The van der Waals surface area contributed by atoms with Gasteiger partial charge in [-0.1, -0.05) is 23.2 Å². The maximum Gasteiger partial charge on any atom is 0.307 e. The molecule has 7 nitrogen and oxygen atoms in total. The first-order valence-corrected chi connectivity index (χ1v) is 8.81. The van der Waals surface area contributed by atoms with Crippen LogP contribution in [-0.4, -0.2) is 43.1 Å². The summed E-state index contributed by atoms with van der Waals surface area (Å²) in [5.41, 5.74) is -1.31. The van der Waals surface area contributed by atoms with E-state index in [-0.39, 0.29) is 19.4 Å². The average molecular weight is 403 g/mol. The van der Waals surface area contributed by atoms with E-state index in [0.717, 1.165) is 0 Å². The number of halogens is 2. The number of carbonyl (C=O) groups is 3. The fourth-order valence-electron chi connectivity index (χ4n) is 2.68. The SMILES string of the molecule is COC(=O)C[C@H](C)NC(=O)C1(C(=O)Nc2cc(Cl)cc(Cl)c2)CCCO1. The summed E-state index contributed by atoms with van der Waals surface area (Å²) in [5.74, 6) is -1.68. The largest absolute Gasteiger partial charge is 0.469 e. The summed E-state index contributed by atoms with van der Waals surface area (Å²) in [6.07, 6.45) is 0.774. The molecule has 0 aromatic heterocycles. The Morgan fingerprint density at radius 1 is 1.23 bits per heavy atom. The summed E-state index contributed by atoms with van der Waals surface area (Å²) in [4.78, 5) is 36.8. The number of hydrogen-bond donors (Lipinski definition) is 2. The van der Waals surface area contributed by atoms with E-state index >= 15 is 0 Å². The van der Waals surface area contributed by atoms with Crippen LogP contribution in [0, 0.1) is 0 Å². The molecule has 26 heavy (non-hydrogen) atoms. The first-order valence-electron chi connectivity index (χ1n) is 8.06. The lowest BCUT2D eigenvalue weighted by Gasteiger charge is -2.27. The number of ether oxygens (including phenoxy) is 2. The van der Waals surface area contributed by atoms with Crippen LogP contribution < -0.4 is 10.6 Å². The molecule has 2 amide bonds. The quantitative estimate of drug-likeness (QED) is 0.563. The van der Waals surface area contributed by atoms with Gasteiger partial charge in [0.25, 0.3) is 11.8 Å². The Bertz CT molecular complexity index is 684. The Hall–Kier alpha value is -1.83. The summed E-state index contributed by atoms with van der Waals surface area (Å²) in [6.45, 7) is 1.93. The molecule has 2 N–H and O–H groups in total. The van der Waals surface area contributed by atoms with Gasteiger partial charge in [0.15, 0.2) is 0 Å². The number of carbonyl (C=O) groups excluding carboxylic acids is 3. The van der Waals surface area contributed by atoms with Crippen LogP contribution >= 0.6 is 23.2 Å². The lowest BCUT2D eigenvalue weighted by Crippen LogP contribution is -2.56. The summed E-state index contributed by atoms with van der Waals surface area (Å²) in [5, 5.41) is 5.97. The molecule has 1 aromatic carbocycles. The van der Waals surface area contributed by atoms with Crippen molar-refractivity contribution in [3.8, 4) is 0 Å². The summed E-state index contributed by atoms with van der Waals surface area (Å²) < 4.78 is 10.1. The third-order valence-corrected chi connectivity index (χ3v) is 4.39. The van der Waals surface area contributed by atoms with E-state index in [1.807, 2.05) is 0 Å². The lowest BCUT2D eigenvalue weighted by molar-refractivity contribution is -0.152. The Kier molecular flexibility index (Phi) is 6.86. The third-order valence-electron chi connectivity index (χ3n) is 3.95. The van der Waals surface area contributed by atoms with Gasteiger partial charge < -0.3 is 20.1 Å². The highest BCUT2D eigenvalue weighted by Crippen LogP contribution is 2.29. The van der Waals surface area contributed by atoms with Crippen molar-refractivity contribution < 1.29 is 23.9 Å². The van der Waals surface area contributed by atoms with Crippen molar-refractivity contribution in [3.63, 3.8) is 0 Å². The van der Waals surface area contributed by atoms with Crippen LogP contribution in [0.1, 0.15) is 26.2 Å². The Labute approximate surface area is 161 Å². The van der Waals surface area contributed by atoms with Gasteiger partial charge in [0.2, 0.25) is 5.60 Å². The van der Waals surface area contributed by atoms with Crippen LogP contribution in [0.4, 0.5) is 5.69 Å². The molecular formula is C17H20Cl2N2O5. The van der Waals surface area contributed by atoms with Gasteiger partial charge >= 0.3 is 5.97 Å². The topological polar surface area (TPSA) is 93.7 Å². The molecule has 1 heterocycles. The van der Waals surface area contributed by atoms with Gasteiger partial charge in [-0.15, -0.1) is 0 Å². The van der Waals surface area contributed by atoms with Crippen molar-refractivity contribution >= 4 is 46.7 Å². The molecule has 1 saturated heterocycles. The van der Waals surface area contributed by atoms with E-state index in [1.54, 1.807) is 6.92 Å². The molecule has 1 unspecified atom stereocenters. The third kappa shape index (κ3) is 4.87. The molecule has 2 atom stereocenters. The zero-order valence-electron chi connectivity index (χ0n) is 14.4. The number of amides is 2. The number of hydrogen-bond acceptors (Lipinski definition) is 5. The van der Waals surface area contributed by atoms with Crippen molar-refractivity contribution in [1.82, 2.24) is 5.32 Å². The fraction of sp³-hybridized carbons (Fsp3) is 0.471. The normalized spacial score (nSPS) is 20.3. The van der Waals surface area contributed by atoms with Crippen LogP contribution in [-0.2, 0) is 23.9 Å². The molecule has 142 valence electrons. The number of methoxy groups -OCH3 is 1. The Morgan fingerprint density at radius 3 is 2.42 bits per heavy atom. The highest BCUT2D eigenvalue weighted by atomic mass is 35.5. The van der Waals surface area contributed by atoms with E-state index in [1.165, 1.54) is 25.3 Å². The zero-order valence-corrected chi connectivity index (χ0v) is 15.9. The van der Waals surface area contributed by atoms with E-state index in [4.69, 9.17) is 27.9 Å². The molecule has 9 heteroatoms. The van der Waals surface area contributed by atoms with Gasteiger partial charge in [0, 0.05) is 28.4 Å². The highest BCUT2D eigenvalue weighted by molar-refractivity contribution is 6.35. The monoisotopic (exact) mass is 402 g/mol. The minimum atomic E-state index is -1.67. The van der Waals surface area contributed by atoms with Gasteiger partial charge in [-0.3, -0.25) is 14.4 Å². The Morgan fingerprint density at radius 2 is 1.88 bits per heavy atom. The molecule has 0 saturated carbocycles. The van der Waals surface area contributed by atoms with Crippen LogP contribution in [0.2, 0.25) is 10.0 Å². The molecule has 1 aliphatic heterocycles. The van der Waals surface area contributed by atoms with Gasteiger partial charge in [-0.25, -0.2) is 0 Å². The number of nitrogens with one attached hydrogen (secondary N) is 2. The first kappa shape index (κ1) is 20.5. The van der Waals surface area contributed by atoms with E-state index in [0.29, 0.717) is 22.2 Å². The molecule has 1 fully saturated rings. The second-order valence-corrected chi connectivity index (χ2v) is 6.92. The minimum absolute atomic E-state index is 0.0101. The fourth-order valence-corrected chi connectivity index (χ4v) is 3.21. The van der Waals surface area contributed by atoms with Crippen molar-refractivity contribution in [2.45, 2.75) is 37.8 Å².